The molecule has 0 bridgehead atoms. The molecule has 3 heteroatoms. The Morgan fingerprint density at radius 3 is 2.48 bits per heavy atom. The van der Waals surface area contributed by atoms with E-state index in [4.69, 9.17) is 11.6 Å². The third-order valence-electron chi connectivity index (χ3n) is 4.71. The molecule has 1 nitrogen and oxygen atoms in total. The number of halogens is 1. The van der Waals surface area contributed by atoms with Gasteiger partial charge in [-0.2, -0.15) is 0 Å². The average Bonchev–Trinajstić information content (AvgIpc) is 3.16. The molecule has 1 atom stereocenters. The van der Waals surface area contributed by atoms with Crippen molar-refractivity contribution < 1.29 is 0 Å². The summed E-state index contributed by atoms with van der Waals surface area (Å²) in [6.07, 6.45) is 5.09. The third-order valence-corrected chi connectivity index (χ3v) is 6.14. The molecular weight excluding hydrogens is 298 g/mol. The Morgan fingerprint density at radius 2 is 1.90 bits per heavy atom. The zero-order valence-corrected chi connectivity index (χ0v) is 14.0. The normalized spacial score (nSPS) is 18.8. The van der Waals surface area contributed by atoms with Gasteiger partial charge in [0.1, 0.15) is 0 Å². The summed E-state index contributed by atoms with van der Waals surface area (Å²) in [6.45, 7) is 3.15. The van der Waals surface area contributed by atoms with Crippen LogP contribution in [0.4, 0.5) is 0 Å². The highest BCUT2D eigenvalue weighted by atomic mass is 35.5. The molecule has 0 amide bonds. The van der Waals surface area contributed by atoms with E-state index in [1.807, 2.05) is 6.07 Å². The number of thiophene rings is 1. The quantitative estimate of drug-likeness (QED) is 0.760. The van der Waals surface area contributed by atoms with E-state index in [9.17, 15) is 0 Å². The maximum absolute atomic E-state index is 6.47. The molecule has 1 aromatic heterocycles. The first-order valence-corrected chi connectivity index (χ1v) is 9.05. The summed E-state index contributed by atoms with van der Waals surface area (Å²) >= 11 is 8.25. The molecule has 1 aliphatic rings. The van der Waals surface area contributed by atoms with E-state index < -0.39 is 0 Å². The molecule has 1 fully saturated rings. The Morgan fingerprint density at radius 1 is 1.19 bits per heavy atom. The van der Waals surface area contributed by atoms with Gasteiger partial charge in [-0.1, -0.05) is 61.7 Å². The Balaban J connectivity index is 2.07. The van der Waals surface area contributed by atoms with E-state index in [1.54, 1.807) is 11.3 Å². The van der Waals surface area contributed by atoms with Gasteiger partial charge in [0, 0.05) is 10.3 Å². The molecule has 21 heavy (non-hydrogen) atoms. The van der Waals surface area contributed by atoms with Crippen LogP contribution < -0.4 is 5.32 Å². The zero-order chi connectivity index (χ0) is 14.7. The van der Waals surface area contributed by atoms with Crippen LogP contribution >= 0.6 is 22.9 Å². The second-order valence-electron chi connectivity index (χ2n) is 5.85. The predicted octanol–water partition coefficient (Wildman–Crippen LogP) is 5.56. The van der Waals surface area contributed by atoms with Crippen LogP contribution in [0.5, 0.6) is 0 Å². The summed E-state index contributed by atoms with van der Waals surface area (Å²) in [5, 5.41) is 6.75. The van der Waals surface area contributed by atoms with E-state index in [2.05, 4.69) is 48.0 Å². The second kappa shape index (κ2) is 6.51. The van der Waals surface area contributed by atoms with E-state index in [-0.39, 0.29) is 5.41 Å². The SMILES string of the molecule is CCNC(c1sccc1Cl)C1(c2ccccc2)CCCC1. The first kappa shape index (κ1) is 15.1. The lowest BCUT2D eigenvalue weighted by molar-refractivity contribution is 0.309. The summed E-state index contributed by atoms with van der Waals surface area (Å²) < 4.78 is 0. The predicted molar refractivity (Wildman–Crippen MR) is 92.3 cm³/mol. The van der Waals surface area contributed by atoms with Crippen LogP contribution in [0.15, 0.2) is 41.8 Å². The monoisotopic (exact) mass is 319 g/mol. The molecule has 1 heterocycles. The number of hydrogen-bond donors (Lipinski definition) is 1. The highest BCUT2D eigenvalue weighted by Gasteiger charge is 2.44. The molecule has 0 radical (unpaired) electrons. The molecule has 0 aliphatic heterocycles. The van der Waals surface area contributed by atoms with Gasteiger partial charge in [0.15, 0.2) is 0 Å². The molecule has 1 unspecified atom stereocenters. The van der Waals surface area contributed by atoms with Crippen LogP contribution in [0.25, 0.3) is 0 Å². The van der Waals surface area contributed by atoms with Gasteiger partial charge >= 0.3 is 0 Å². The minimum Gasteiger partial charge on any atom is -0.309 e. The van der Waals surface area contributed by atoms with Gasteiger partial charge < -0.3 is 5.32 Å². The standard InChI is InChI=1S/C18H22ClNS/c1-2-20-17(16-15(19)10-13-21-16)18(11-6-7-12-18)14-8-4-3-5-9-14/h3-5,8-10,13,17,20H,2,6-7,11-12H2,1H3. The lowest BCUT2D eigenvalue weighted by Crippen LogP contribution is -2.39. The number of benzene rings is 1. The van der Waals surface area contributed by atoms with Crippen LogP contribution in [-0.2, 0) is 5.41 Å². The molecule has 2 aromatic rings. The van der Waals surface area contributed by atoms with Crippen molar-refractivity contribution in [3.8, 4) is 0 Å². The van der Waals surface area contributed by atoms with Crippen LogP contribution in [0.3, 0.4) is 0 Å². The summed E-state index contributed by atoms with van der Waals surface area (Å²) in [4.78, 5) is 1.30. The smallest absolute Gasteiger partial charge is 0.0561 e. The fourth-order valence-corrected chi connectivity index (χ4v) is 5.13. The van der Waals surface area contributed by atoms with Crippen molar-refractivity contribution in [1.82, 2.24) is 5.32 Å². The summed E-state index contributed by atoms with van der Waals surface area (Å²) in [6, 6.07) is 13.4. The number of nitrogens with one attached hydrogen (secondary N) is 1. The number of rotatable bonds is 5. The molecule has 112 valence electrons. The Bertz CT molecular complexity index is 572. The third kappa shape index (κ3) is 2.77. The van der Waals surface area contributed by atoms with Crippen molar-refractivity contribution in [2.24, 2.45) is 0 Å². The first-order chi connectivity index (χ1) is 10.3. The van der Waals surface area contributed by atoms with Gasteiger partial charge in [-0.15, -0.1) is 11.3 Å². The maximum atomic E-state index is 6.47. The van der Waals surface area contributed by atoms with Crippen LogP contribution in [-0.4, -0.2) is 6.54 Å². The minimum atomic E-state index is 0.186. The Kier molecular flexibility index (Phi) is 4.68. The Hall–Kier alpha value is -0.830. The van der Waals surface area contributed by atoms with Crippen molar-refractivity contribution in [3.63, 3.8) is 0 Å². The molecule has 0 saturated heterocycles. The molecule has 1 aromatic carbocycles. The fraction of sp³-hybridized carbons (Fsp3) is 0.444. The summed E-state index contributed by atoms with van der Waals surface area (Å²) in [5.74, 6) is 0. The van der Waals surface area contributed by atoms with Crippen molar-refractivity contribution in [2.45, 2.75) is 44.1 Å². The number of hydrogen-bond acceptors (Lipinski definition) is 2. The van der Waals surface area contributed by atoms with Crippen LogP contribution in [0, 0.1) is 0 Å². The van der Waals surface area contributed by atoms with Gasteiger partial charge in [0.05, 0.1) is 11.1 Å². The zero-order valence-electron chi connectivity index (χ0n) is 12.4. The van der Waals surface area contributed by atoms with Crippen molar-refractivity contribution in [1.29, 1.82) is 0 Å². The number of likely N-dealkylation sites (N-methyl/N-ethyl adjacent to an activating group) is 1. The maximum Gasteiger partial charge on any atom is 0.0561 e. The van der Waals surface area contributed by atoms with Crippen molar-refractivity contribution in [3.05, 3.63) is 57.2 Å². The first-order valence-electron chi connectivity index (χ1n) is 7.80. The topological polar surface area (TPSA) is 12.0 Å². The van der Waals surface area contributed by atoms with Gasteiger partial charge in [-0.05, 0) is 36.4 Å². The van der Waals surface area contributed by atoms with E-state index in [0.717, 1.165) is 11.6 Å². The summed E-state index contributed by atoms with van der Waals surface area (Å²) in [7, 11) is 0. The molecule has 1 saturated carbocycles. The van der Waals surface area contributed by atoms with Crippen molar-refractivity contribution >= 4 is 22.9 Å². The van der Waals surface area contributed by atoms with E-state index >= 15 is 0 Å². The van der Waals surface area contributed by atoms with Crippen LogP contribution in [0.1, 0.15) is 49.1 Å². The van der Waals surface area contributed by atoms with E-state index in [1.165, 1.54) is 36.1 Å². The molecule has 0 spiro atoms. The van der Waals surface area contributed by atoms with Gasteiger partial charge in [-0.25, -0.2) is 0 Å². The van der Waals surface area contributed by atoms with Gasteiger partial charge in [-0.3, -0.25) is 0 Å². The van der Waals surface area contributed by atoms with Gasteiger partial charge in [0.25, 0.3) is 0 Å². The van der Waals surface area contributed by atoms with Crippen LogP contribution in [0.2, 0.25) is 5.02 Å². The average molecular weight is 320 g/mol. The fourth-order valence-electron chi connectivity index (χ4n) is 3.77. The molecular formula is C18H22ClNS. The second-order valence-corrected chi connectivity index (χ2v) is 7.21. The largest absolute Gasteiger partial charge is 0.309 e. The molecule has 1 aliphatic carbocycles. The highest BCUT2D eigenvalue weighted by Crippen LogP contribution is 2.51. The lowest BCUT2D eigenvalue weighted by atomic mass is 9.72. The molecule has 1 N–H and O–H groups in total. The summed E-state index contributed by atoms with van der Waals surface area (Å²) in [5.41, 5.74) is 1.64. The Labute approximate surface area is 136 Å². The molecule has 3 rings (SSSR count). The van der Waals surface area contributed by atoms with Crippen molar-refractivity contribution in [2.75, 3.05) is 6.54 Å². The minimum absolute atomic E-state index is 0.186. The van der Waals surface area contributed by atoms with E-state index in [0.29, 0.717) is 6.04 Å². The lowest BCUT2D eigenvalue weighted by Gasteiger charge is -2.38. The van der Waals surface area contributed by atoms with Gasteiger partial charge in [0.2, 0.25) is 0 Å². The highest BCUT2D eigenvalue weighted by molar-refractivity contribution is 7.10.